The van der Waals surface area contributed by atoms with Gasteiger partial charge in [-0.25, -0.2) is 0 Å². The molecule has 23 nitrogen and oxygen atoms in total. The molecule has 10 atom stereocenters. The normalized spacial score (nSPS) is 17.4. The van der Waals surface area contributed by atoms with E-state index in [0.29, 0.717) is 11.1 Å². The highest BCUT2D eigenvalue weighted by Gasteiger charge is 2.37. The average molecular weight is 951 g/mol. The SMILES string of the molecule is CC(C)C[C@H](NC(=O)[C@@H]1CCC(=O)N1)C(=O)N[C@H](C(=O)N[C@@H](Cc1ccccc1)C(=O)N[C@H](C(=O)N[C@@H](CO)C(=O)N[C@@H](CO)C(=O)N[C@@H](Cc1c[nH]c2ccccc12)C(N)=O)[C@@H](C)O)[C@@H](C)O. The van der Waals surface area contributed by atoms with E-state index in [2.05, 4.69) is 47.5 Å². The van der Waals surface area contributed by atoms with Crippen LogP contribution >= 0.6 is 0 Å². The van der Waals surface area contributed by atoms with Gasteiger partial charge in [0.15, 0.2) is 0 Å². The van der Waals surface area contributed by atoms with E-state index in [0.717, 1.165) is 17.8 Å². The van der Waals surface area contributed by atoms with Gasteiger partial charge in [-0.1, -0.05) is 62.4 Å². The Balaban J connectivity index is 1.45. The molecule has 23 heteroatoms. The van der Waals surface area contributed by atoms with Gasteiger partial charge in [0.25, 0.3) is 0 Å². The van der Waals surface area contributed by atoms with Crippen molar-refractivity contribution in [1.29, 1.82) is 0 Å². The monoisotopic (exact) mass is 950 g/mol. The number of carbonyl (C=O) groups excluding carboxylic acids is 9. The molecule has 1 aliphatic rings. The minimum absolute atomic E-state index is 0.0452. The summed E-state index contributed by atoms with van der Waals surface area (Å²) in [5.74, 6) is -8.29. The number of hydrogen-bond donors (Lipinski definition) is 14. The van der Waals surface area contributed by atoms with Crippen molar-refractivity contribution in [3.05, 3.63) is 71.9 Å². The molecular weight excluding hydrogens is 889 g/mol. The van der Waals surface area contributed by atoms with E-state index in [1.807, 2.05) is 6.07 Å². The average Bonchev–Trinajstić information content (AvgIpc) is 3.92. The number of H-pyrrole nitrogens is 1. The van der Waals surface area contributed by atoms with Gasteiger partial charge in [0.05, 0.1) is 25.4 Å². The highest BCUT2D eigenvalue weighted by atomic mass is 16.3. The van der Waals surface area contributed by atoms with Gasteiger partial charge in [-0.15, -0.1) is 0 Å². The van der Waals surface area contributed by atoms with Crippen LogP contribution in [0, 0.1) is 5.92 Å². The molecule has 0 unspecified atom stereocenters. The third-order valence-electron chi connectivity index (χ3n) is 11.1. The first-order chi connectivity index (χ1) is 32.2. The number of fused-ring (bicyclic) bond motifs is 1. The number of aliphatic hydroxyl groups is 4. The number of carbonyl (C=O) groups is 9. The summed E-state index contributed by atoms with van der Waals surface area (Å²) in [4.78, 5) is 122. The zero-order chi connectivity index (χ0) is 50.2. The molecule has 68 heavy (non-hydrogen) atoms. The Morgan fingerprint density at radius 2 is 1.13 bits per heavy atom. The van der Waals surface area contributed by atoms with Crippen molar-refractivity contribution in [2.75, 3.05) is 13.2 Å². The van der Waals surface area contributed by atoms with Crippen molar-refractivity contribution in [3.63, 3.8) is 0 Å². The maximum Gasteiger partial charge on any atom is 0.245 e. The molecule has 4 rings (SSSR count). The van der Waals surface area contributed by atoms with Crippen LogP contribution in [0.2, 0.25) is 0 Å². The molecule has 2 aromatic carbocycles. The molecule has 0 radical (unpaired) electrons. The van der Waals surface area contributed by atoms with Crippen molar-refractivity contribution in [1.82, 2.24) is 47.5 Å². The Hall–Kier alpha value is -6.95. The van der Waals surface area contributed by atoms with Gasteiger partial charge in [-0.2, -0.15) is 0 Å². The van der Waals surface area contributed by atoms with Crippen LogP contribution in [0.1, 0.15) is 58.1 Å². The van der Waals surface area contributed by atoms with E-state index < -0.39 is 121 Å². The zero-order valence-electron chi connectivity index (χ0n) is 38.1. The summed E-state index contributed by atoms with van der Waals surface area (Å²) in [7, 11) is 0. The number of benzene rings is 2. The molecule has 15 N–H and O–H groups in total. The smallest absolute Gasteiger partial charge is 0.245 e. The summed E-state index contributed by atoms with van der Waals surface area (Å²) < 4.78 is 0. The van der Waals surface area contributed by atoms with Crippen LogP contribution < -0.4 is 48.3 Å². The van der Waals surface area contributed by atoms with Crippen LogP contribution in [0.5, 0.6) is 0 Å². The Bertz CT molecular complexity index is 2270. The molecule has 1 fully saturated rings. The molecule has 9 amide bonds. The summed E-state index contributed by atoms with van der Waals surface area (Å²) in [6.07, 6.45) is -1.35. The lowest BCUT2D eigenvalue weighted by atomic mass is 10.0. The molecule has 1 saturated heterocycles. The summed E-state index contributed by atoms with van der Waals surface area (Å²) >= 11 is 0. The standard InChI is InChI=1S/C45H62N10O13/c1-22(2)16-31(50-39(62)29-14-15-35(60)48-29)40(63)54-36(23(3)58)44(67)51-32(17-25-10-6-5-7-11-25)41(64)55-37(24(4)59)45(68)53-34(21-57)43(66)52-33(20-56)42(65)49-30(38(46)61)18-26-19-47-28-13-9-8-12-27(26)28/h5-13,19,22-24,29-34,36-37,47,56-59H,14-18,20-21H2,1-4H3,(H2,46,61)(H,48,60)(H,49,65)(H,50,62)(H,51,67)(H,52,66)(H,53,68)(H,54,63)(H,55,64)/t23-,24-,29+,30+,31+,32+,33+,34+,36+,37+/m1/s1. The number of nitrogens with one attached hydrogen (secondary N) is 9. The zero-order valence-corrected chi connectivity index (χ0v) is 38.1. The van der Waals surface area contributed by atoms with Crippen LogP contribution in [-0.4, -0.2) is 152 Å². The lowest BCUT2D eigenvalue weighted by Gasteiger charge is -2.29. The minimum atomic E-state index is -1.84. The lowest BCUT2D eigenvalue weighted by molar-refractivity contribution is -0.138. The van der Waals surface area contributed by atoms with E-state index in [9.17, 15) is 63.6 Å². The summed E-state index contributed by atoms with van der Waals surface area (Å²) in [6.45, 7) is 3.87. The topological polar surface area (TPSA) is 373 Å². The van der Waals surface area contributed by atoms with E-state index in [1.54, 1.807) is 68.6 Å². The molecule has 0 aliphatic carbocycles. The third kappa shape index (κ3) is 15.3. The van der Waals surface area contributed by atoms with Gasteiger partial charge < -0.3 is 73.7 Å². The predicted molar refractivity (Wildman–Crippen MR) is 243 cm³/mol. The second-order valence-corrected chi connectivity index (χ2v) is 17.1. The molecule has 2 heterocycles. The van der Waals surface area contributed by atoms with Gasteiger partial charge in [-0.3, -0.25) is 43.2 Å². The fraction of sp³-hybridized carbons (Fsp3) is 0.489. The fourth-order valence-corrected chi connectivity index (χ4v) is 7.36. The summed E-state index contributed by atoms with van der Waals surface area (Å²) in [5, 5.41) is 61.5. The van der Waals surface area contributed by atoms with Crippen LogP contribution in [0.25, 0.3) is 10.9 Å². The first-order valence-electron chi connectivity index (χ1n) is 22.1. The van der Waals surface area contributed by atoms with Gasteiger partial charge >= 0.3 is 0 Å². The number of para-hydroxylation sites is 1. The molecule has 0 bridgehead atoms. The van der Waals surface area contributed by atoms with Gasteiger partial charge in [0, 0.05) is 36.4 Å². The van der Waals surface area contributed by atoms with Crippen LogP contribution in [-0.2, 0) is 56.0 Å². The molecule has 1 aliphatic heterocycles. The van der Waals surface area contributed by atoms with Crippen molar-refractivity contribution in [2.24, 2.45) is 11.7 Å². The molecule has 1 aromatic heterocycles. The summed E-state index contributed by atoms with van der Waals surface area (Å²) in [5.41, 5.74) is 7.50. The molecule has 370 valence electrons. The van der Waals surface area contributed by atoms with E-state index in [-0.39, 0.29) is 43.9 Å². The van der Waals surface area contributed by atoms with Crippen molar-refractivity contribution in [2.45, 2.75) is 120 Å². The fourth-order valence-electron chi connectivity index (χ4n) is 7.36. The number of nitrogens with two attached hydrogens (primary N) is 1. The van der Waals surface area contributed by atoms with Crippen LogP contribution in [0.4, 0.5) is 0 Å². The molecular formula is C45H62N10O13. The number of aliphatic hydroxyl groups excluding tert-OH is 4. The molecule has 0 saturated carbocycles. The maximum absolute atomic E-state index is 14.0. The van der Waals surface area contributed by atoms with Gasteiger partial charge in [-0.05, 0) is 49.8 Å². The molecule has 3 aromatic rings. The minimum Gasteiger partial charge on any atom is -0.394 e. The Labute approximate surface area is 391 Å². The summed E-state index contributed by atoms with van der Waals surface area (Å²) in [6, 6.07) is 3.56. The third-order valence-corrected chi connectivity index (χ3v) is 11.1. The number of amides is 9. The first kappa shape index (κ1) is 53.7. The number of primary amides is 1. The second-order valence-electron chi connectivity index (χ2n) is 17.1. The number of aromatic amines is 1. The van der Waals surface area contributed by atoms with Crippen molar-refractivity contribution in [3.8, 4) is 0 Å². The van der Waals surface area contributed by atoms with Crippen LogP contribution in [0.15, 0.2) is 60.8 Å². The number of hydrogen-bond acceptors (Lipinski definition) is 13. The van der Waals surface area contributed by atoms with E-state index in [1.165, 1.54) is 6.92 Å². The Morgan fingerprint density at radius 3 is 1.65 bits per heavy atom. The second kappa shape index (κ2) is 25.3. The lowest BCUT2D eigenvalue weighted by Crippen LogP contribution is -2.63. The maximum atomic E-state index is 14.0. The Kier molecular flexibility index (Phi) is 19.9. The Morgan fingerprint density at radius 1 is 0.632 bits per heavy atom. The molecule has 0 spiro atoms. The first-order valence-corrected chi connectivity index (χ1v) is 22.1. The predicted octanol–water partition coefficient (Wildman–Crippen LogP) is -4.10. The van der Waals surface area contributed by atoms with Gasteiger partial charge in [0.1, 0.15) is 48.3 Å². The quantitative estimate of drug-likeness (QED) is 0.0385. The number of aromatic nitrogens is 1. The largest absolute Gasteiger partial charge is 0.394 e. The highest BCUT2D eigenvalue weighted by molar-refractivity contribution is 5.99. The number of rotatable bonds is 25. The van der Waals surface area contributed by atoms with E-state index >= 15 is 0 Å². The van der Waals surface area contributed by atoms with Crippen LogP contribution in [0.3, 0.4) is 0 Å². The van der Waals surface area contributed by atoms with Crippen molar-refractivity contribution < 1.29 is 63.6 Å². The van der Waals surface area contributed by atoms with Gasteiger partial charge in [0.2, 0.25) is 53.2 Å². The highest BCUT2D eigenvalue weighted by Crippen LogP contribution is 2.19. The van der Waals surface area contributed by atoms with Crippen molar-refractivity contribution >= 4 is 64.1 Å². The van der Waals surface area contributed by atoms with E-state index in [4.69, 9.17) is 5.73 Å².